The Morgan fingerprint density at radius 1 is 0.838 bits per heavy atom. The van der Waals surface area contributed by atoms with Gasteiger partial charge in [0.15, 0.2) is 5.78 Å². The maximum Gasteiger partial charge on any atom is 0.189 e. The number of hydrogen-bond donors (Lipinski definition) is 1. The fraction of sp³-hybridized carbons (Fsp3) is 0.531. The molecular formula is C32H46O5. The second-order valence-corrected chi connectivity index (χ2v) is 12.1. The fourth-order valence-corrected chi connectivity index (χ4v) is 3.94. The zero-order valence-electron chi connectivity index (χ0n) is 24.4. The molecule has 1 atom stereocenters. The van der Waals surface area contributed by atoms with Gasteiger partial charge in [-0.2, -0.15) is 0 Å². The van der Waals surface area contributed by atoms with Gasteiger partial charge in [0.25, 0.3) is 0 Å². The number of aliphatic hydroxyl groups excluding tert-OH is 1. The summed E-state index contributed by atoms with van der Waals surface area (Å²) in [4.78, 5) is 12.3. The normalized spacial score (nSPS) is 13.7. The SMILES string of the molecule is C=C(C)C(=O)C(C)(C)OCCC(C)(C)Oc1ccc(C(C)(C)c2ccc(OC(C)(C)C(C)O)cc2)cc1. The highest BCUT2D eigenvalue weighted by Gasteiger charge is 2.31. The van der Waals surface area contributed by atoms with Gasteiger partial charge in [-0.05, 0) is 96.4 Å². The summed E-state index contributed by atoms with van der Waals surface area (Å²) in [6, 6.07) is 16.2. The van der Waals surface area contributed by atoms with Crippen LogP contribution in [0.1, 0.15) is 86.8 Å². The van der Waals surface area contributed by atoms with Crippen molar-refractivity contribution in [2.45, 2.75) is 104 Å². The maximum absolute atomic E-state index is 12.3. The molecule has 2 aromatic rings. The molecule has 0 bridgehead atoms. The van der Waals surface area contributed by atoms with Gasteiger partial charge in [0, 0.05) is 11.8 Å². The first-order chi connectivity index (χ1) is 16.9. The molecule has 204 valence electrons. The molecular weight excluding hydrogens is 464 g/mol. The Balaban J connectivity index is 2.03. The van der Waals surface area contributed by atoms with Crippen molar-refractivity contribution in [3.63, 3.8) is 0 Å². The summed E-state index contributed by atoms with van der Waals surface area (Å²) >= 11 is 0. The lowest BCUT2D eigenvalue weighted by Crippen LogP contribution is -2.39. The van der Waals surface area contributed by atoms with Crippen molar-refractivity contribution in [2.75, 3.05) is 6.61 Å². The minimum Gasteiger partial charge on any atom is -0.488 e. The van der Waals surface area contributed by atoms with Crippen molar-refractivity contribution >= 4 is 5.78 Å². The number of Topliss-reactive ketones (excluding diaryl/α,β-unsaturated/α-hetero) is 1. The summed E-state index contributed by atoms with van der Waals surface area (Å²) in [5, 5.41) is 9.92. The van der Waals surface area contributed by atoms with Gasteiger partial charge >= 0.3 is 0 Å². The van der Waals surface area contributed by atoms with E-state index in [1.807, 2.05) is 52.0 Å². The van der Waals surface area contributed by atoms with Crippen molar-refractivity contribution in [3.05, 3.63) is 71.8 Å². The third-order valence-electron chi connectivity index (χ3n) is 7.03. The van der Waals surface area contributed by atoms with Crippen LogP contribution in [0.5, 0.6) is 11.5 Å². The average molecular weight is 511 g/mol. The number of carbonyl (C=O) groups excluding carboxylic acids is 1. The Labute approximate surface area is 223 Å². The van der Waals surface area contributed by atoms with E-state index < -0.39 is 22.9 Å². The second kappa shape index (κ2) is 11.4. The predicted octanol–water partition coefficient (Wildman–Crippen LogP) is 7.04. The van der Waals surface area contributed by atoms with Crippen LogP contribution in [0.15, 0.2) is 60.7 Å². The number of hydrogen-bond acceptors (Lipinski definition) is 5. The molecule has 0 amide bonds. The van der Waals surface area contributed by atoms with E-state index >= 15 is 0 Å². The summed E-state index contributed by atoms with van der Waals surface area (Å²) < 4.78 is 18.1. The number of benzene rings is 2. The highest BCUT2D eigenvalue weighted by atomic mass is 16.5. The lowest BCUT2D eigenvalue weighted by Gasteiger charge is -2.31. The van der Waals surface area contributed by atoms with Gasteiger partial charge in [-0.25, -0.2) is 0 Å². The first-order valence-electron chi connectivity index (χ1n) is 13.0. The minimum absolute atomic E-state index is 0.0878. The molecule has 0 aliphatic rings. The van der Waals surface area contributed by atoms with Crippen LogP contribution in [-0.2, 0) is 14.9 Å². The van der Waals surface area contributed by atoms with E-state index in [0.29, 0.717) is 18.6 Å². The zero-order chi connectivity index (χ0) is 28.2. The molecule has 0 heterocycles. The summed E-state index contributed by atoms with van der Waals surface area (Å²) in [6.07, 6.45) is 0.0485. The van der Waals surface area contributed by atoms with E-state index in [9.17, 15) is 9.90 Å². The van der Waals surface area contributed by atoms with Gasteiger partial charge in [-0.1, -0.05) is 44.7 Å². The summed E-state index contributed by atoms with van der Waals surface area (Å²) in [6.45, 7) is 23.3. The van der Waals surface area contributed by atoms with Crippen LogP contribution < -0.4 is 9.47 Å². The number of rotatable bonds is 13. The van der Waals surface area contributed by atoms with Crippen LogP contribution in [-0.4, -0.2) is 40.4 Å². The number of carbonyl (C=O) groups is 1. The summed E-state index contributed by atoms with van der Waals surface area (Å²) in [7, 11) is 0. The quantitative estimate of drug-likeness (QED) is 0.293. The van der Waals surface area contributed by atoms with E-state index in [0.717, 1.165) is 17.1 Å². The first kappa shape index (κ1) is 30.6. The molecule has 0 saturated carbocycles. The average Bonchev–Trinajstić information content (AvgIpc) is 2.78. The van der Waals surface area contributed by atoms with Crippen LogP contribution >= 0.6 is 0 Å². The molecule has 1 unspecified atom stereocenters. The van der Waals surface area contributed by atoms with Crippen LogP contribution in [0.4, 0.5) is 0 Å². The van der Waals surface area contributed by atoms with Crippen molar-refractivity contribution in [3.8, 4) is 11.5 Å². The lowest BCUT2D eigenvalue weighted by molar-refractivity contribution is -0.137. The van der Waals surface area contributed by atoms with Crippen molar-refractivity contribution in [2.24, 2.45) is 0 Å². The lowest BCUT2D eigenvalue weighted by atomic mass is 9.78. The standard InChI is InChI=1S/C32H46O5/c1-22(2)28(34)32(10,11)35-21-20-29(4,5)36-26-16-12-24(13-17-26)30(6,7)25-14-18-27(19-15-25)37-31(8,9)23(3)33/h12-19,23,33H,1,20-21H2,2-11H3. The van der Waals surface area contributed by atoms with Crippen molar-refractivity contribution < 1.29 is 24.1 Å². The number of aliphatic hydroxyl groups is 1. The molecule has 0 saturated heterocycles. The molecule has 0 fully saturated rings. The van der Waals surface area contributed by atoms with E-state index in [1.165, 1.54) is 5.56 Å². The van der Waals surface area contributed by atoms with E-state index in [2.05, 4.69) is 44.7 Å². The molecule has 5 nitrogen and oxygen atoms in total. The Kier molecular flexibility index (Phi) is 9.43. The van der Waals surface area contributed by atoms with Gasteiger partial charge in [-0.3, -0.25) is 4.79 Å². The Morgan fingerprint density at radius 3 is 1.68 bits per heavy atom. The largest absolute Gasteiger partial charge is 0.488 e. The summed E-state index contributed by atoms with van der Waals surface area (Å²) in [5.41, 5.74) is 0.578. The first-order valence-corrected chi connectivity index (χ1v) is 13.0. The molecule has 2 rings (SSSR count). The van der Waals surface area contributed by atoms with E-state index in [1.54, 1.807) is 27.7 Å². The van der Waals surface area contributed by atoms with Crippen LogP contribution in [0, 0.1) is 0 Å². The smallest absolute Gasteiger partial charge is 0.189 e. The molecule has 5 heteroatoms. The Morgan fingerprint density at radius 2 is 1.27 bits per heavy atom. The van der Waals surface area contributed by atoms with Gasteiger partial charge in [0.05, 0.1) is 12.7 Å². The molecule has 0 spiro atoms. The van der Waals surface area contributed by atoms with Gasteiger partial charge in [0.1, 0.15) is 28.3 Å². The maximum atomic E-state index is 12.3. The van der Waals surface area contributed by atoms with Crippen molar-refractivity contribution in [1.29, 1.82) is 0 Å². The molecule has 2 aromatic carbocycles. The highest BCUT2D eigenvalue weighted by molar-refractivity contribution is 6.00. The minimum atomic E-state index is -0.896. The second-order valence-electron chi connectivity index (χ2n) is 12.1. The van der Waals surface area contributed by atoms with Crippen LogP contribution in [0.3, 0.4) is 0 Å². The third kappa shape index (κ3) is 8.18. The van der Waals surface area contributed by atoms with Gasteiger partial charge < -0.3 is 19.3 Å². The van der Waals surface area contributed by atoms with E-state index in [-0.39, 0.29) is 11.2 Å². The summed E-state index contributed by atoms with van der Waals surface area (Å²) in [5.74, 6) is 1.42. The molecule has 0 aliphatic carbocycles. The predicted molar refractivity (Wildman–Crippen MR) is 151 cm³/mol. The Hall–Kier alpha value is -2.63. The van der Waals surface area contributed by atoms with Crippen LogP contribution in [0.2, 0.25) is 0 Å². The zero-order valence-corrected chi connectivity index (χ0v) is 24.4. The monoisotopic (exact) mass is 510 g/mol. The molecule has 37 heavy (non-hydrogen) atoms. The molecule has 0 aromatic heterocycles. The molecule has 1 N–H and O–H groups in total. The van der Waals surface area contributed by atoms with Crippen molar-refractivity contribution in [1.82, 2.24) is 0 Å². The number of ketones is 1. The topological polar surface area (TPSA) is 65.0 Å². The molecule has 0 aliphatic heterocycles. The molecule has 0 radical (unpaired) electrons. The van der Waals surface area contributed by atoms with Gasteiger partial charge in [0.2, 0.25) is 0 Å². The third-order valence-corrected chi connectivity index (χ3v) is 7.03. The fourth-order valence-electron chi connectivity index (χ4n) is 3.94. The van der Waals surface area contributed by atoms with Crippen LogP contribution in [0.25, 0.3) is 0 Å². The van der Waals surface area contributed by atoms with E-state index in [4.69, 9.17) is 14.2 Å². The van der Waals surface area contributed by atoms with Gasteiger partial charge in [-0.15, -0.1) is 0 Å². The highest BCUT2D eigenvalue weighted by Crippen LogP contribution is 2.34. The Bertz CT molecular complexity index is 1060. The number of ether oxygens (including phenoxy) is 3.